The Kier molecular flexibility index (Phi) is 3.61. The zero-order valence-electron chi connectivity index (χ0n) is 11.5. The van der Waals surface area contributed by atoms with Crippen molar-refractivity contribution >= 4 is 11.8 Å². The van der Waals surface area contributed by atoms with Gasteiger partial charge in [-0.15, -0.1) is 0 Å². The molecule has 0 spiro atoms. The van der Waals surface area contributed by atoms with E-state index in [2.05, 4.69) is 17.3 Å². The summed E-state index contributed by atoms with van der Waals surface area (Å²) >= 11 is 0. The lowest BCUT2D eigenvalue weighted by molar-refractivity contribution is -0.149. The van der Waals surface area contributed by atoms with Crippen molar-refractivity contribution in [3.8, 4) is 0 Å². The normalized spacial score (nSPS) is 33.9. The molecule has 0 radical (unpaired) electrons. The first-order chi connectivity index (χ1) is 8.44. The van der Waals surface area contributed by atoms with E-state index in [9.17, 15) is 9.59 Å². The van der Waals surface area contributed by atoms with Crippen LogP contribution in [0.5, 0.6) is 0 Å². The highest BCUT2D eigenvalue weighted by Gasteiger charge is 2.42. The summed E-state index contributed by atoms with van der Waals surface area (Å²) in [4.78, 5) is 28.1. The van der Waals surface area contributed by atoms with Gasteiger partial charge in [0, 0.05) is 13.1 Å². The molecule has 1 N–H and O–H groups in total. The molecule has 2 unspecified atom stereocenters. The molecular weight excluding hydrogens is 230 g/mol. The Morgan fingerprint density at radius 1 is 1.44 bits per heavy atom. The van der Waals surface area contributed by atoms with E-state index < -0.39 is 5.54 Å². The third-order valence-corrected chi connectivity index (χ3v) is 4.18. The van der Waals surface area contributed by atoms with Gasteiger partial charge in [0.15, 0.2) is 0 Å². The Morgan fingerprint density at radius 3 is 2.72 bits per heavy atom. The summed E-state index contributed by atoms with van der Waals surface area (Å²) in [6, 6.07) is 0. The van der Waals surface area contributed by atoms with Crippen LogP contribution in [0.25, 0.3) is 0 Å². The molecule has 0 aromatic heterocycles. The second-order valence-corrected chi connectivity index (χ2v) is 5.84. The molecule has 2 rings (SSSR count). The van der Waals surface area contributed by atoms with Crippen LogP contribution in [0.3, 0.4) is 0 Å². The molecule has 2 heterocycles. The number of hydrogen-bond donors (Lipinski definition) is 1. The summed E-state index contributed by atoms with van der Waals surface area (Å²) in [6.07, 6.45) is 1.75. The second kappa shape index (κ2) is 4.88. The highest BCUT2D eigenvalue weighted by Crippen LogP contribution is 2.21. The fourth-order valence-corrected chi connectivity index (χ4v) is 2.87. The smallest absolute Gasteiger partial charge is 0.248 e. The first-order valence-corrected chi connectivity index (χ1v) is 6.73. The number of amides is 2. The van der Waals surface area contributed by atoms with Crippen LogP contribution in [0.4, 0.5) is 0 Å². The van der Waals surface area contributed by atoms with Crippen molar-refractivity contribution in [2.75, 3.05) is 33.2 Å². The number of carbonyl (C=O) groups excluding carboxylic acids is 2. The maximum Gasteiger partial charge on any atom is 0.248 e. The van der Waals surface area contributed by atoms with Gasteiger partial charge in [-0.05, 0) is 39.3 Å². The van der Waals surface area contributed by atoms with E-state index in [1.807, 2.05) is 13.8 Å². The lowest BCUT2D eigenvalue weighted by Crippen LogP contribution is -2.65. The molecule has 2 aliphatic heterocycles. The molecular formula is C13H23N3O2. The van der Waals surface area contributed by atoms with Crippen molar-refractivity contribution < 1.29 is 9.59 Å². The Bertz CT molecular complexity index is 358. The van der Waals surface area contributed by atoms with E-state index in [0.717, 1.165) is 19.5 Å². The Hall–Kier alpha value is -1.10. The first kappa shape index (κ1) is 13.3. The average Bonchev–Trinajstić information content (AvgIpc) is 2.71. The van der Waals surface area contributed by atoms with Gasteiger partial charge in [0.25, 0.3) is 0 Å². The van der Waals surface area contributed by atoms with Crippen molar-refractivity contribution in [1.29, 1.82) is 0 Å². The maximum absolute atomic E-state index is 12.4. The number of rotatable bonds is 3. The standard InChI is InChI=1S/C13H23N3O2/c1-4-13(2)12(18)16(9-11(17)14-13)8-10-5-6-15(3)7-10/h10H,4-9H2,1-3H3,(H,14,17). The molecule has 2 aliphatic rings. The van der Waals surface area contributed by atoms with Gasteiger partial charge in [-0.25, -0.2) is 0 Å². The van der Waals surface area contributed by atoms with E-state index in [1.54, 1.807) is 4.90 Å². The molecule has 5 nitrogen and oxygen atoms in total. The quantitative estimate of drug-likeness (QED) is 0.774. The molecule has 0 aromatic rings. The van der Waals surface area contributed by atoms with Crippen LogP contribution >= 0.6 is 0 Å². The topological polar surface area (TPSA) is 52.7 Å². The fraction of sp³-hybridized carbons (Fsp3) is 0.846. The van der Waals surface area contributed by atoms with Gasteiger partial charge >= 0.3 is 0 Å². The fourth-order valence-electron chi connectivity index (χ4n) is 2.87. The number of piperazine rings is 1. The monoisotopic (exact) mass is 253 g/mol. The Balaban J connectivity index is 2.03. The zero-order valence-corrected chi connectivity index (χ0v) is 11.5. The predicted molar refractivity (Wildman–Crippen MR) is 69.0 cm³/mol. The molecule has 0 bridgehead atoms. The van der Waals surface area contributed by atoms with Gasteiger partial charge < -0.3 is 15.1 Å². The van der Waals surface area contributed by atoms with Gasteiger partial charge in [0.05, 0.1) is 6.54 Å². The third-order valence-electron chi connectivity index (χ3n) is 4.18. The summed E-state index contributed by atoms with van der Waals surface area (Å²) in [5.74, 6) is 0.537. The minimum Gasteiger partial charge on any atom is -0.340 e. The lowest BCUT2D eigenvalue weighted by Gasteiger charge is -2.40. The molecule has 18 heavy (non-hydrogen) atoms. The molecule has 102 valence electrons. The molecule has 2 fully saturated rings. The molecule has 5 heteroatoms. The maximum atomic E-state index is 12.4. The number of hydrogen-bond acceptors (Lipinski definition) is 3. The molecule has 0 aliphatic carbocycles. The number of nitrogens with zero attached hydrogens (tertiary/aromatic N) is 2. The highest BCUT2D eigenvalue weighted by molar-refractivity contribution is 5.97. The van der Waals surface area contributed by atoms with Crippen LogP contribution in [0.15, 0.2) is 0 Å². The van der Waals surface area contributed by atoms with Crippen molar-refractivity contribution in [2.24, 2.45) is 5.92 Å². The minimum absolute atomic E-state index is 0.0368. The van der Waals surface area contributed by atoms with Gasteiger partial charge in [-0.3, -0.25) is 9.59 Å². The Morgan fingerprint density at radius 2 is 2.17 bits per heavy atom. The number of likely N-dealkylation sites (tertiary alicyclic amines) is 1. The summed E-state index contributed by atoms with van der Waals surface area (Å²) in [7, 11) is 2.10. The van der Waals surface area contributed by atoms with Crippen LogP contribution in [0, 0.1) is 5.92 Å². The highest BCUT2D eigenvalue weighted by atomic mass is 16.2. The van der Waals surface area contributed by atoms with E-state index in [-0.39, 0.29) is 18.4 Å². The largest absolute Gasteiger partial charge is 0.340 e. The van der Waals surface area contributed by atoms with Crippen LogP contribution < -0.4 is 5.32 Å². The summed E-state index contributed by atoms with van der Waals surface area (Å²) in [6.45, 7) is 6.80. The van der Waals surface area contributed by atoms with Gasteiger partial charge in [0.2, 0.25) is 11.8 Å². The van der Waals surface area contributed by atoms with Gasteiger partial charge in [0.1, 0.15) is 5.54 Å². The molecule has 0 aromatic carbocycles. The van der Waals surface area contributed by atoms with Crippen molar-refractivity contribution in [3.05, 3.63) is 0 Å². The summed E-state index contributed by atoms with van der Waals surface area (Å²) in [5, 5.41) is 2.82. The van der Waals surface area contributed by atoms with Crippen molar-refractivity contribution in [2.45, 2.75) is 32.2 Å². The summed E-state index contributed by atoms with van der Waals surface area (Å²) in [5.41, 5.74) is -0.708. The van der Waals surface area contributed by atoms with Crippen LogP contribution in [0.1, 0.15) is 26.7 Å². The Labute approximate surface area is 108 Å². The van der Waals surface area contributed by atoms with Gasteiger partial charge in [-0.2, -0.15) is 0 Å². The predicted octanol–water partition coefficient (Wildman–Crippen LogP) is 0.0652. The molecule has 2 amide bonds. The SMILES string of the molecule is CCC1(C)NC(=O)CN(CC2CCN(C)C2)C1=O. The van der Waals surface area contributed by atoms with Crippen LogP contribution in [-0.4, -0.2) is 60.4 Å². The van der Waals surface area contributed by atoms with Crippen molar-refractivity contribution in [1.82, 2.24) is 15.1 Å². The second-order valence-electron chi connectivity index (χ2n) is 5.84. The number of carbonyl (C=O) groups is 2. The van der Waals surface area contributed by atoms with E-state index in [4.69, 9.17) is 0 Å². The van der Waals surface area contributed by atoms with E-state index in [0.29, 0.717) is 18.9 Å². The summed E-state index contributed by atoms with van der Waals surface area (Å²) < 4.78 is 0. The molecule has 2 atom stereocenters. The lowest BCUT2D eigenvalue weighted by atomic mass is 9.93. The van der Waals surface area contributed by atoms with Crippen LogP contribution in [0.2, 0.25) is 0 Å². The van der Waals surface area contributed by atoms with Crippen molar-refractivity contribution in [3.63, 3.8) is 0 Å². The zero-order chi connectivity index (χ0) is 13.3. The van der Waals surface area contributed by atoms with Crippen LogP contribution in [-0.2, 0) is 9.59 Å². The third kappa shape index (κ3) is 2.51. The average molecular weight is 253 g/mol. The van der Waals surface area contributed by atoms with E-state index in [1.165, 1.54) is 0 Å². The van der Waals surface area contributed by atoms with Gasteiger partial charge in [-0.1, -0.05) is 6.92 Å². The number of nitrogens with one attached hydrogen (secondary N) is 1. The van der Waals surface area contributed by atoms with E-state index >= 15 is 0 Å². The molecule has 0 saturated carbocycles. The first-order valence-electron chi connectivity index (χ1n) is 6.73. The minimum atomic E-state index is -0.708. The molecule has 2 saturated heterocycles.